The molecule has 0 atom stereocenters. The SMILES string of the molecule is Cc1cn(N=Cc2ccc(OCc3ccc(F)cc3)c(F)c2)c(N)n1. The van der Waals surface area contributed by atoms with E-state index in [2.05, 4.69) is 10.1 Å². The van der Waals surface area contributed by atoms with E-state index < -0.39 is 5.82 Å². The largest absolute Gasteiger partial charge is 0.486 e. The molecule has 2 aromatic carbocycles. The minimum absolute atomic E-state index is 0.111. The summed E-state index contributed by atoms with van der Waals surface area (Å²) in [6, 6.07) is 10.3. The van der Waals surface area contributed by atoms with Gasteiger partial charge in [0.1, 0.15) is 12.4 Å². The maximum absolute atomic E-state index is 14.1. The van der Waals surface area contributed by atoms with Crippen molar-refractivity contribution in [1.29, 1.82) is 0 Å². The first kappa shape index (κ1) is 16.6. The zero-order chi connectivity index (χ0) is 17.8. The lowest BCUT2D eigenvalue weighted by atomic mass is 10.2. The molecule has 5 nitrogen and oxygen atoms in total. The van der Waals surface area contributed by atoms with Crippen LogP contribution in [0.5, 0.6) is 5.75 Å². The number of imidazole rings is 1. The lowest BCUT2D eigenvalue weighted by molar-refractivity contribution is 0.290. The molecule has 0 aliphatic carbocycles. The zero-order valence-corrected chi connectivity index (χ0v) is 13.5. The van der Waals surface area contributed by atoms with Crippen LogP contribution in [0.4, 0.5) is 14.7 Å². The summed E-state index contributed by atoms with van der Waals surface area (Å²) >= 11 is 0. The molecule has 0 aliphatic rings. The van der Waals surface area contributed by atoms with Gasteiger partial charge in [0.15, 0.2) is 11.6 Å². The maximum atomic E-state index is 14.1. The molecule has 3 aromatic rings. The Morgan fingerprint density at radius 2 is 1.96 bits per heavy atom. The van der Waals surface area contributed by atoms with E-state index >= 15 is 0 Å². The molecule has 0 radical (unpaired) electrons. The highest BCUT2D eigenvalue weighted by atomic mass is 19.1. The number of aromatic nitrogens is 2. The number of hydrogen-bond acceptors (Lipinski definition) is 4. The van der Waals surface area contributed by atoms with Gasteiger partial charge >= 0.3 is 0 Å². The third-order valence-corrected chi connectivity index (χ3v) is 3.43. The van der Waals surface area contributed by atoms with E-state index in [4.69, 9.17) is 10.5 Å². The minimum atomic E-state index is -0.513. The fourth-order valence-electron chi connectivity index (χ4n) is 2.18. The van der Waals surface area contributed by atoms with Crippen LogP contribution in [0, 0.1) is 18.6 Å². The van der Waals surface area contributed by atoms with Crippen LogP contribution in [0.3, 0.4) is 0 Å². The van der Waals surface area contributed by atoms with Gasteiger partial charge in [-0.25, -0.2) is 18.4 Å². The summed E-state index contributed by atoms with van der Waals surface area (Å²) in [5.41, 5.74) is 7.73. The summed E-state index contributed by atoms with van der Waals surface area (Å²) in [5.74, 6) is -0.471. The lowest BCUT2D eigenvalue weighted by Gasteiger charge is -2.08. The summed E-state index contributed by atoms with van der Waals surface area (Å²) in [5, 5.41) is 4.13. The van der Waals surface area contributed by atoms with Crippen LogP contribution in [-0.4, -0.2) is 15.9 Å². The van der Waals surface area contributed by atoms with Crippen LogP contribution in [0.15, 0.2) is 53.8 Å². The molecular formula is C18H16F2N4O. The molecule has 0 spiro atoms. The molecule has 3 rings (SSSR count). The minimum Gasteiger partial charge on any atom is -0.486 e. The predicted octanol–water partition coefficient (Wildman–Crippen LogP) is 3.51. The van der Waals surface area contributed by atoms with Gasteiger partial charge < -0.3 is 10.5 Å². The summed E-state index contributed by atoms with van der Waals surface area (Å²) < 4.78 is 33.8. The van der Waals surface area contributed by atoms with E-state index in [0.29, 0.717) is 5.56 Å². The Morgan fingerprint density at radius 1 is 1.20 bits per heavy atom. The first-order chi connectivity index (χ1) is 12.0. The van der Waals surface area contributed by atoms with Crippen LogP contribution in [0.25, 0.3) is 0 Å². The third kappa shape index (κ3) is 4.20. The van der Waals surface area contributed by atoms with Crippen molar-refractivity contribution in [3.05, 3.63) is 77.1 Å². The quantitative estimate of drug-likeness (QED) is 0.722. The monoisotopic (exact) mass is 342 g/mol. The predicted molar refractivity (Wildman–Crippen MR) is 91.5 cm³/mol. The van der Waals surface area contributed by atoms with Crippen molar-refractivity contribution in [2.24, 2.45) is 5.10 Å². The topological polar surface area (TPSA) is 65.4 Å². The van der Waals surface area contributed by atoms with Crippen molar-refractivity contribution in [2.75, 3.05) is 5.73 Å². The summed E-state index contributed by atoms with van der Waals surface area (Å²) in [6.45, 7) is 1.95. The van der Waals surface area contributed by atoms with Crippen molar-refractivity contribution in [1.82, 2.24) is 9.66 Å². The van der Waals surface area contributed by atoms with E-state index in [9.17, 15) is 8.78 Å². The van der Waals surface area contributed by atoms with Gasteiger partial charge in [0, 0.05) is 0 Å². The first-order valence-electron chi connectivity index (χ1n) is 7.54. The maximum Gasteiger partial charge on any atom is 0.221 e. The molecule has 25 heavy (non-hydrogen) atoms. The molecule has 2 N–H and O–H groups in total. The van der Waals surface area contributed by atoms with Gasteiger partial charge in [-0.2, -0.15) is 5.10 Å². The molecule has 0 fully saturated rings. The molecule has 0 aliphatic heterocycles. The number of aryl methyl sites for hydroxylation is 1. The van der Waals surface area contributed by atoms with Gasteiger partial charge in [-0.15, -0.1) is 0 Å². The fourth-order valence-corrected chi connectivity index (χ4v) is 2.18. The second-order valence-corrected chi connectivity index (χ2v) is 5.43. The van der Waals surface area contributed by atoms with E-state index in [1.807, 2.05) is 0 Å². The number of anilines is 1. The Kier molecular flexibility index (Phi) is 4.74. The van der Waals surface area contributed by atoms with Crippen molar-refractivity contribution in [2.45, 2.75) is 13.5 Å². The molecule has 0 unspecified atom stereocenters. The molecule has 7 heteroatoms. The van der Waals surface area contributed by atoms with Crippen LogP contribution >= 0.6 is 0 Å². The number of rotatable bonds is 5. The van der Waals surface area contributed by atoms with Crippen molar-refractivity contribution in [3.8, 4) is 5.75 Å². The van der Waals surface area contributed by atoms with Crippen molar-refractivity contribution in [3.63, 3.8) is 0 Å². The first-order valence-corrected chi connectivity index (χ1v) is 7.54. The van der Waals surface area contributed by atoms with E-state index in [-0.39, 0.29) is 24.1 Å². The third-order valence-electron chi connectivity index (χ3n) is 3.43. The Bertz CT molecular complexity index is 904. The summed E-state index contributed by atoms with van der Waals surface area (Å²) in [4.78, 5) is 4.02. The van der Waals surface area contributed by atoms with E-state index in [0.717, 1.165) is 11.3 Å². The zero-order valence-electron chi connectivity index (χ0n) is 13.5. The van der Waals surface area contributed by atoms with E-state index in [1.54, 1.807) is 31.3 Å². The average molecular weight is 342 g/mol. The van der Waals surface area contributed by atoms with Crippen LogP contribution in [-0.2, 0) is 6.61 Å². The second kappa shape index (κ2) is 7.12. The van der Waals surface area contributed by atoms with Gasteiger partial charge in [-0.1, -0.05) is 12.1 Å². The smallest absolute Gasteiger partial charge is 0.221 e. The Labute approximate surface area is 143 Å². The fraction of sp³-hybridized carbons (Fsp3) is 0.111. The molecule has 0 bridgehead atoms. The highest BCUT2D eigenvalue weighted by Gasteiger charge is 2.05. The normalized spacial score (nSPS) is 11.2. The van der Waals surface area contributed by atoms with Crippen molar-refractivity contribution >= 4 is 12.2 Å². The highest BCUT2D eigenvalue weighted by Crippen LogP contribution is 2.19. The molecule has 128 valence electrons. The van der Waals surface area contributed by atoms with Crippen LogP contribution in [0.1, 0.15) is 16.8 Å². The molecule has 1 aromatic heterocycles. The van der Waals surface area contributed by atoms with Gasteiger partial charge in [0.05, 0.1) is 18.1 Å². The number of ether oxygens (including phenoxy) is 1. The number of halogens is 2. The Morgan fingerprint density at radius 3 is 2.60 bits per heavy atom. The number of benzene rings is 2. The molecule has 1 heterocycles. The standard InChI is InChI=1S/C18H16F2N4O/c1-12-10-24(18(21)23-12)22-9-14-4-7-17(16(20)8-14)25-11-13-2-5-15(19)6-3-13/h2-10H,11H2,1H3,(H2,21,23). The highest BCUT2D eigenvalue weighted by molar-refractivity contribution is 5.79. The molecule has 0 amide bonds. The summed E-state index contributed by atoms with van der Waals surface area (Å²) in [7, 11) is 0. The van der Waals surface area contributed by atoms with Crippen molar-refractivity contribution < 1.29 is 13.5 Å². The Balaban J connectivity index is 1.68. The Hall–Kier alpha value is -3.22. The number of nitrogens with two attached hydrogens (primary N) is 1. The van der Waals surface area contributed by atoms with Crippen LogP contribution in [0.2, 0.25) is 0 Å². The average Bonchev–Trinajstić information content (AvgIpc) is 2.91. The van der Waals surface area contributed by atoms with Crippen LogP contribution < -0.4 is 10.5 Å². The number of nitrogens with zero attached hydrogens (tertiary/aromatic N) is 3. The van der Waals surface area contributed by atoms with Gasteiger partial charge in [0.2, 0.25) is 5.95 Å². The summed E-state index contributed by atoms with van der Waals surface area (Å²) in [6.07, 6.45) is 3.15. The van der Waals surface area contributed by atoms with E-state index in [1.165, 1.54) is 35.2 Å². The molecule has 0 saturated carbocycles. The molecular weight excluding hydrogens is 326 g/mol. The second-order valence-electron chi connectivity index (χ2n) is 5.43. The van der Waals surface area contributed by atoms with Gasteiger partial charge in [-0.3, -0.25) is 0 Å². The number of hydrogen-bond donors (Lipinski definition) is 1. The van der Waals surface area contributed by atoms with Gasteiger partial charge in [0.25, 0.3) is 0 Å². The molecule has 0 saturated heterocycles. The number of nitrogen functional groups attached to an aromatic ring is 1. The lowest BCUT2D eigenvalue weighted by Crippen LogP contribution is -1.99. The van der Waals surface area contributed by atoms with Gasteiger partial charge in [-0.05, 0) is 48.4 Å².